The van der Waals surface area contributed by atoms with Gasteiger partial charge in [0.1, 0.15) is 4.90 Å². The summed E-state index contributed by atoms with van der Waals surface area (Å²) in [6.07, 6.45) is 0. The lowest BCUT2D eigenvalue weighted by atomic mass is 10.1. The molecule has 4 nitrogen and oxygen atoms in total. The zero-order chi connectivity index (χ0) is 9.64. The molecule has 1 aliphatic heterocycles. The van der Waals surface area contributed by atoms with E-state index in [0.29, 0.717) is 0 Å². The molecule has 68 valence electrons. The van der Waals surface area contributed by atoms with Crippen LogP contribution in [0.4, 0.5) is 0 Å². The summed E-state index contributed by atoms with van der Waals surface area (Å²) in [5, 5.41) is 0. The minimum Gasteiger partial charge on any atom is -0.338 e. The number of hydrogen-bond donors (Lipinski definition) is 0. The highest BCUT2D eigenvalue weighted by Gasteiger charge is 2.34. The van der Waals surface area contributed by atoms with Crippen molar-refractivity contribution in [3.05, 3.63) is 29.3 Å². The number of rotatable bonds is 0. The van der Waals surface area contributed by atoms with Crippen molar-refractivity contribution in [3.63, 3.8) is 0 Å². The number of fused-ring (bicyclic) bond motifs is 1. The molecule has 0 atom stereocenters. The molecule has 1 aromatic rings. The lowest BCUT2D eigenvalue weighted by molar-refractivity contribution is 0.0762. The first-order valence-corrected chi connectivity index (χ1v) is 5.01. The van der Waals surface area contributed by atoms with Gasteiger partial charge in [-0.3, -0.25) is 0 Å². The zero-order valence-electron chi connectivity index (χ0n) is 6.77. The molecule has 1 aliphatic rings. The first-order chi connectivity index (χ1) is 6.00. The molecule has 5 heteroatoms. The van der Waals surface area contributed by atoms with E-state index < -0.39 is 16.1 Å². The van der Waals surface area contributed by atoms with E-state index in [1.165, 1.54) is 12.1 Å². The van der Waals surface area contributed by atoms with Crippen LogP contribution in [0.5, 0.6) is 0 Å². The van der Waals surface area contributed by atoms with Gasteiger partial charge in [0.05, 0.1) is 5.56 Å². The van der Waals surface area contributed by atoms with Crippen molar-refractivity contribution >= 4 is 16.1 Å². The van der Waals surface area contributed by atoms with E-state index in [0.717, 1.165) is 5.56 Å². The Hall–Kier alpha value is -1.36. The molecular formula is C8H6O4S. The number of aryl methyl sites for hydroxylation is 1. The maximum Gasteiger partial charge on any atom is 0.355 e. The van der Waals surface area contributed by atoms with Crippen LogP contribution in [0, 0.1) is 6.92 Å². The van der Waals surface area contributed by atoms with E-state index in [9.17, 15) is 13.2 Å². The van der Waals surface area contributed by atoms with Crippen LogP contribution < -0.4 is 0 Å². The highest BCUT2D eigenvalue weighted by Crippen LogP contribution is 2.27. The van der Waals surface area contributed by atoms with Crippen LogP contribution in [0.25, 0.3) is 0 Å². The topological polar surface area (TPSA) is 60.4 Å². The maximum atomic E-state index is 11.2. The maximum absolute atomic E-state index is 11.2. The summed E-state index contributed by atoms with van der Waals surface area (Å²) in [7, 11) is -3.83. The summed E-state index contributed by atoms with van der Waals surface area (Å²) >= 11 is 0. The summed E-state index contributed by atoms with van der Waals surface area (Å²) in [6, 6.07) is 4.55. The van der Waals surface area contributed by atoms with Gasteiger partial charge < -0.3 is 4.18 Å². The summed E-state index contributed by atoms with van der Waals surface area (Å²) in [4.78, 5) is 11.0. The molecule has 2 rings (SSSR count). The van der Waals surface area contributed by atoms with Gasteiger partial charge in [-0.25, -0.2) is 4.79 Å². The fourth-order valence-electron chi connectivity index (χ4n) is 1.19. The zero-order valence-corrected chi connectivity index (χ0v) is 7.59. The Morgan fingerprint density at radius 3 is 2.69 bits per heavy atom. The van der Waals surface area contributed by atoms with Crippen molar-refractivity contribution in [2.75, 3.05) is 0 Å². The molecule has 0 radical (unpaired) electrons. The van der Waals surface area contributed by atoms with Crippen molar-refractivity contribution in [2.24, 2.45) is 0 Å². The molecule has 0 N–H and O–H groups in total. The van der Waals surface area contributed by atoms with Crippen molar-refractivity contribution < 1.29 is 17.4 Å². The van der Waals surface area contributed by atoms with E-state index in [1.807, 2.05) is 0 Å². The molecule has 0 spiro atoms. The highest BCUT2D eigenvalue weighted by molar-refractivity contribution is 7.87. The molecule has 0 saturated carbocycles. The third kappa shape index (κ3) is 1.12. The van der Waals surface area contributed by atoms with Gasteiger partial charge in [0.25, 0.3) is 0 Å². The molecule has 0 unspecified atom stereocenters. The van der Waals surface area contributed by atoms with Crippen LogP contribution in [0.2, 0.25) is 0 Å². The molecule has 1 heterocycles. The predicted octanol–water partition coefficient (Wildman–Crippen LogP) is 0.854. The van der Waals surface area contributed by atoms with Crippen LogP contribution in [0.1, 0.15) is 15.9 Å². The molecule has 0 fully saturated rings. The van der Waals surface area contributed by atoms with Crippen LogP contribution in [0.3, 0.4) is 0 Å². The van der Waals surface area contributed by atoms with Crippen molar-refractivity contribution in [3.8, 4) is 0 Å². The lowest BCUT2D eigenvalue weighted by Crippen LogP contribution is -1.99. The lowest BCUT2D eigenvalue weighted by Gasteiger charge is -1.94. The summed E-state index contributed by atoms with van der Waals surface area (Å²) in [6.45, 7) is 1.75. The molecule has 0 aliphatic carbocycles. The molecular weight excluding hydrogens is 192 g/mol. The summed E-state index contributed by atoms with van der Waals surface area (Å²) < 4.78 is 26.6. The average Bonchev–Trinajstić information content (AvgIpc) is 2.23. The molecule has 1 aromatic carbocycles. The van der Waals surface area contributed by atoms with E-state index in [-0.39, 0.29) is 10.5 Å². The third-order valence-electron chi connectivity index (χ3n) is 1.81. The normalized spacial score (nSPS) is 18.1. The Morgan fingerprint density at radius 2 is 2.00 bits per heavy atom. The quantitative estimate of drug-likeness (QED) is 0.580. The number of hydrogen-bond acceptors (Lipinski definition) is 4. The minimum atomic E-state index is -3.83. The Labute approximate surface area is 75.3 Å². The Morgan fingerprint density at radius 1 is 1.31 bits per heavy atom. The second-order valence-electron chi connectivity index (χ2n) is 2.82. The van der Waals surface area contributed by atoms with Crippen LogP contribution in [-0.2, 0) is 14.3 Å². The van der Waals surface area contributed by atoms with Crippen molar-refractivity contribution in [2.45, 2.75) is 11.8 Å². The second-order valence-corrected chi connectivity index (χ2v) is 4.34. The van der Waals surface area contributed by atoms with Gasteiger partial charge >= 0.3 is 16.1 Å². The van der Waals surface area contributed by atoms with Crippen LogP contribution >= 0.6 is 0 Å². The third-order valence-corrected chi connectivity index (χ3v) is 3.06. The van der Waals surface area contributed by atoms with Crippen LogP contribution in [-0.4, -0.2) is 14.4 Å². The van der Waals surface area contributed by atoms with E-state index in [4.69, 9.17) is 0 Å². The van der Waals surface area contributed by atoms with E-state index in [2.05, 4.69) is 4.18 Å². The molecule has 13 heavy (non-hydrogen) atoms. The largest absolute Gasteiger partial charge is 0.355 e. The molecule has 0 bridgehead atoms. The predicted molar refractivity (Wildman–Crippen MR) is 43.8 cm³/mol. The fraction of sp³-hybridized carbons (Fsp3) is 0.125. The average molecular weight is 198 g/mol. The van der Waals surface area contributed by atoms with Crippen LogP contribution in [0.15, 0.2) is 23.1 Å². The van der Waals surface area contributed by atoms with Gasteiger partial charge in [0.15, 0.2) is 0 Å². The van der Waals surface area contributed by atoms with Gasteiger partial charge in [-0.15, -0.1) is 0 Å². The van der Waals surface area contributed by atoms with Crippen molar-refractivity contribution in [1.82, 2.24) is 0 Å². The Balaban J connectivity index is 2.81. The molecule has 0 aromatic heterocycles. The first-order valence-electron chi connectivity index (χ1n) is 3.60. The Bertz CT molecular complexity index is 487. The summed E-state index contributed by atoms with van der Waals surface area (Å²) in [5.41, 5.74) is 0.895. The van der Waals surface area contributed by atoms with Gasteiger partial charge in [-0.1, -0.05) is 6.07 Å². The van der Waals surface area contributed by atoms with E-state index in [1.54, 1.807) is 13.0 Å². The highest BCUT2D eigenvalue weighted by atomic mass is 32.2. The van der Waals surface area contributed by atoms with Gasteiger partial charge in [-0.2, -0.15) is 8.42 Å². The van der Waals surface area contributed by atoms with E-state index >= 15 is 0 Å². The Kier molecular flexibility index (Phi) is 1.47. The number of carbonyl (C=O) groups excluding carboxylic acids is 1. The monoisotopic (exact) mass is 198 g/mol. The standard InChI is InChI=1S/C8H6O4S/c1-5-2-3-6-7(4-5)13(10,11)12-8(6)9/h2-4H,1H3. The SMILES string of the molecule is Cc1ccc2c(c1)S(=O)(=O)OC2=O. The second kappa shape index (κ2) is 2.32. The molecule has 0 saturated heterocycles. The fourth-order valence-corrected chi connectivity index (χ4v) is 2.32. The summed E-state index contributed by atoms with van der Waals surface area (Å²) in [5.74, 6) is -0.796. The first kappa shape index (κ1) is 8.25. The minimum absolute atomic E-state index is 0.0301. The van der Waals surface area contributed by atoms with Gasteiger partial charge in [-0.05, 0) is 24.6 Å². The van der Waals surface area contributed by atoms with Crippen molar-refractivity contribution in [1.29, 1.82) is 0 Å². The smallest absolute Gasteiger partial charge is 0.338 e. The molecule has 0 amide bonds. The van der Waals surface area contributed by atoms with Gasteiger partial charge in [0, 0.05) is 0 Å². The number of benzene rings is 1. The number of carbonyl (C=O) groups is 1. The van der Waals surface area contributed by atoms with Gasteiger partial charge in [0.2, 0.25) is 0 Å².